The van der Waals surface area contributed by atoms with Crippen LogP contribution in [-0.2, 0) is 5.54 Å². The normalized spacial score (nSPS) is 18.7. The molecule has 0 amide bonds. The molecule has 2 aromatic heterocycles. The van der Waals surface area contributed by atoms with Gasteiger partial charge in [0.1, 0.15) is 16.4 Å². The summed E-state index contributed by atoms with van der Waals surface area (Å²) in [6.07, 6.45) is 10.9. The summed E-state index contributed by atoms with van der Waals surface area (Å²) in [4.78, 5) is 13.0. The summed E-state index contributed by atoms with van der Waals surface area (Å²) >= 11 is 1.65. The minimum absolute atomic E-state index is 0.219. The van der Waals surface area contributed by atoms with Gasteiger partial charge in [0.15, 0.2) is 0 Å². The summed E-state index contributed by atoms with van der Waals surface area (Å²) in [5.74, 6) is 0. The molecular weight excluding hydrogens is 244 g/mol. The van der Waals surface area contributed by atoms with Crippen LogP contribution in [0.4, 0.5) is 0 Å². The van der Waals surface area contributed by atoms with Gasteiger partial charge in [0, 0.05) is 17.8 Å². The predicted octanol–water partition coefficient (Wildman–Crippen LogP) is 2.72. The van der Waals surface area contributed by atoms with Crippen LogP contribution in [0.1, 0.15) is 37.1 Å². The van der Waals surface area contributed by atoms with Crippen molar-refractivity contribution in [1.82, 2.24) is 15.0 Å². The first kappa shape index (κ1) is 11.7. The molecule has 2 N–H and O–H groups in total. The number of thiazole rings is 1. The maximum Gasteiger partial charge on any atom is 0.113 e. The van der Waals surface area contributed by atoms with Crippen molar-refractivity contribution >= 4 is 11.3 Å². The lowest BCUT2D eigenvalue weighted by molar-refractivity contribution is 0.301. The third-order valence-corrected chi connectivity index (χ3v) is 4.56. The van der Waals surface area contributed by atoms with Crippen LogP contribution in [0.15, 0.2) is 24.0 Å². The van der Waals surface area contributed by atoms with Crippen molar-refractivity contribution in [2.24, 2.45) is 5.73 Å². The van der Waals surface area contributed by atoms with E-state index in [2.05, 4.69) is 15.0 Å². The topological polar surface area (TPSA) is 64.7 Å². The fourth-order valence-electron chi connectivity index (χ4n) is 2.45. The highest BCUT2D eigenvalue weighted by Crippen LogP contribution is 2.37. The molecule has 0 atom stereocenters. The Labute approximate surface area is 110 Å². The average molecular weight is 260 g/mol. The highest BCUT2D eigenvalue weighted by molar-refractivity contribution is 7.10. The van der Waals surface area contributed by atoms with Crippen LogP contribution in [0.25, 0.3) is 11.4 Å². The zero-order chi connectivity index (χ0) is 12.4. The molecule has 1 aliphatic rings. The van der Waals surface area contributed by atoms with Crippen molar-refractivity contribution in [3.8, 4) is 11.4 Å². The maximum absolute atomic E-state index is 6.48. The van der Waals surface area contributed by atoms with Crippen molar-refractivity contribution in [1.29, 1.82) is 0 Å². The average Bonchev–Trinajstić information content (AvgIpc) is 2.91. The van der Waals surface area contributed by atoms with E-state index in [1.807, 2.05) is 5.38 Å². The molecule has 1 aliphatic carbocycles. The molecule has 0 aliphatic heterocycles. The number of rotatable bonds is 2. The van der Waals surface area contributed by atoms with Crippen molar-refractivity contribution in [2.75, 3.05) is 0 Å². The van der Waals surface area contributed by atoms with E-state index in [-0.39, 0.29) is 5.54 Å². The maximum atomic E-state index is 6.48. The summed E-state index contributed by atoms with van der Waals surface area (Å²) < 4.78 is 0. The van der Waals surface area contributed by atoms with Crippen molar-refractivity contribution in [3.63, 3.8) is 0 Å². The fourth-order valence-corrected chi connectivity index (χ4v) is 3.43. The predicted molar refractivity (Wildman–Crippen MR) is 72.1 cm³/mol. The molecule has 0 radical (unpaired) electrons. The Morgan fingerprint density at radius 3 is 2.67 bits per heavy atom. The number of hydrogen-bond donors (Lipinski definition) is 1. The summed E-state index contributed by atoms with van der Waals surface area (Å²) in [5.41, 5.74) is 7.97. The van der Waals surface area contributed by atoms with Crippen LogP contribution in [0.2, 0.25) is 0 Å². The Morgan fingerprint density at radius 1 is 1.11 bits per heavy atom. The summed E-state index contributed by atoms with van der Waals surface area (Å²) in [7, 11) is 0. The number of aromatic nitrogens is 3. The molecule has 4 nitrogen and oxygen atoms in total. The van der Waals surface area contributed by atoms with Gasteiger partial charge >= 0.3 is 0 Å². The highest BCUT2D eigenvalue weighted by Gasteiger charge is 2.32. The molecule has 0 spiro atoms. The molecule has 0 bridgehead atoms. The summed E-state index contributed by atoms with van der Waals surface area (Å²) in [5, 5.41) is 3.07. The Kier molecular flexibility index (Phi) is 3.09. The van der Waals surface area contributed by atoms with Gasteiger partial charge in [-0.25, -0.2) is 4.98 Å². The summed E-state index contributed by atoms with van der Waals surface area (Å²) in [6.45, 7) is 0. The minimum atomic E-state index is -0.219. The van der Waals surface area contributed by atoms with E-state index in [1.165, 1.54) is 19.3 Å². The van der Waals surface area contributed by atoms with Gasteiger partial charge in [0.2, 0.25) is 0 Å². The van der Waals surface area contributed by atoms with Crippen LogP contribution in [0.5, 0.6) is 0 Å². The SMILES string of the molecule is NC1(c2nc(-c3cnccn3)cs2)CCCCC1. The van der Waals surface area contributed by atoms with Gasteiger partial charge < -0.3 is 5.73 Å². The summed E-state index contributed by atoms with van der Waals surface area (Å²) in [6, 6.07) is 0. The molecule has 1 fully saturated rings. The molecule has 1 saturated carbocycles. The van der Waals surface area contributed by atoms with E-state index < -0.39 is 0 Å². The molecule has 5 heteroatoms. The molecule has 94 valence electrons. The second kappa shape index (κ2) is 4.74. The van der Waals surface area contributed by atoms with E-state index in [0.29, 0.717) is 0 Å². The first-order chi connectivity index (χ1) is 8.78. The van der Waals surface area contributed by atoms with Crippen LogP contribution in [-0.4, -0.2) is 15.0 Å². The van der Waals surface area contributed by atoms with Crippen LogP contribution in [0, 0.1) is 0 Å². The van der Waals surface area contributed by atoms with Crippen LogP contribution >= 0.6 is 11.3 Å². The Bertz CT molecular complexity index is 517. The van der Waals surface area contributed by atoms with E-state index in [9.17, 15) is 0 Å². The zero-order valence-electron chi connectivity index (χ0n) is 10.2. The van der Waals surface area contributed by atoms with Gasteiger partial charge in [-0.15, -0.1) is 11.3 Å². The molecular formula is C13H16N4S. The van der Waals surface area contributed by atoms with E-state index in [1.54, 1.807) is 29.9 Å². The molecule has 2 aromatic rings. The first-order valence-electron chi connectivity index (χ1n) is 6.29. The molecule has 0 unspecified atom stereocenters. The third kappa shape index (κ3) is 2.15. The quantitative estimate of drug-likeness (QED) is 0.901. The smallest absolute Gasteiger partial charge is 0.113 e. The van der Waals surface area contributed by atoms with Gasteiger partial charge in [-0.2, -0.15) is 0 Å². The minimum Gasteiger partial charge on any atom is -0.319 e. The van der Waals surface area contributed by atoms with E-state index in [0.717, 1.165) is 29.2 Å². The number of hydrogen-bond acceptors (Lipinski definition) is 5. The first-order valence-corrected chi connectivity index (χ1v) is 7.17. The lowest BCUT2D eigenvalue weighted by Crippen LogP contribution is -2.38. The van der Waals surface area contributed by atoms with Gasteiger partial charge in [0.25, 0.3) is 0 Å². The van der Waals surface area contributed by atoms with E-state index in [4.69, 9.17) is 5.73 Å². The second-order valence-corrected chi connectivity index (χ2v) is 5.70. The lowest BCUT2D eigenvalue weighted by Gasteiger charge is -2.31. The second-order valence-electron chi connectivity index (χ2n) is 4.85. The molecule has 0 saturated heterocycles. The monoisotopic (exact) mass is 260 g/mol. The number of nitrogens with zero attached hydrogens (tertiary/aromatic N) is 3. The van der Waals surface area contributed by atoms with Crippen LogP contribution < -0.4 is 5.73 Å². The van der Waals surface area contributed by atoms with Gasteiger partial charge in [0.05, 0.1) is 11.7 Å². The Hall–Kier alpha value is -1.33. The largest absolute Gasteiger partial charge is 0.319 e. The van der Waals surface area contributed by atoms with Crippen LogP contribution in [0.3, 0.4) is 0 Å². The Balaban J connectivity index is 1.89. The Morgan fingerprint density at radius 2 is 1.94 bits per heavy atom. The third-order valence-electron chi connectivity index (χ3n) is 3.50. The lowest BCUT2D eigenvalue weighted by atomic mass is 9.83. The molecule has 18 heavy (non-hydrogen) atoms. The van der Waals surface area contributed by atoms with Crippen molar-refractivity contribution < 1.29 is 0 Å². The molecule has 2 heterocycles. The van der Waals surface area contributed by atoms with Gasteiger partial charge in [-0.3, -0.25) is 9.97 Å². The van der Waals surface area contributed by atoms with Gasteiger partial charge in [-0.1, -0.05) is 19.3 Å². The van der Waals surface area contributed by atoms with Crippen molar-refractivity contribution in [2.45, 2.75) is 37.6 Å². The molecule has 0 aromatic carbocycles. The molecule has 3 rings (SSSR count). The number of nitrogens with two attached hydrogens (primary N) is 1. The zero-order valence-corrected chi connectivity index (χ0v) is 11.0. The van der Waals surface area contributed by atoms with E-state index >= 15 is 0 Å². The van der Waals surface area contributed by atoms with Gasteiger partial charge in [-0.05, 0) is 12.8 Å². The standard InChI is InChI=1S/C13H16N4S/c14-13(4-2-1-3-5-13)12-17-11(9-18-12)10-8-15-6-7-16-10/h6-9H,1-5,14H2. The highest BCUT2D eigenvalue weighted by atomic mass is 32.1. The van der Waals surface area contributed by atoms with Crippen molar-refractivity contribution in [3.05, 3.63) is 29.0 Å². The fraction of sp³-hybridized carbons (Fsp3) is 0.462.